The van der Waals surface area contributed by atoms with Crippen molar-refractivity contribution in [3.8, 4) is 0 Å². The van der Waals surface area contributed by atoms with E-state index in [0.717, 1.165) is 43.4 Å². The van der Waals surface area contributed by atoms with E-state index in [4.69, 9.17) is 0 Å². The first-order valence-corrected chi connectivity index (χ1v) is 9.74. The van der Waals surface area contributed by atoms with Gasteiger partial charge in [0, 0.05) is 5.92 Å². The third-order valence-corrected chi connectivity index (χ3v) is 8.57. The first kappa shape index (κ1) is 15.9. The highest BCUT2D eigenvalue weighted by Gasteiger charge is 2.59. The van der Waals surface area contributed by atoms with Crippen LogP contribution in [0.1, 0.15) is 72.1 Å². The van der Waals surface area contributed by atoms with Crippen molar-refractivity contribution >= 4 is 5.78 Å². The van der Waals surface area contributed by atoms with Gasteiger partial charge in [0.15, 0.2) is 0 Å². The summed E-state index contributed by atoms with van der Waals surface area (Å²) < 4.78 is 0. The van der Waals surface area contributed by atoms with Crippen molar-refractivity contribution in [2.45, 2.75) is 78.2 Å². The summed E-state index contributed by atoms with van der Waals surface area (Å²) in [5.74, 6) is 3.00. The fourth-order valence-electron chi connectivity index (χ4n) is 7.31. The first-order chi connectivity index (χ1) is 10.9. The molecule has 128 valence electrons. The monoisotopic (exact) mass is 316 g/mol. The summed E-state index contributed by atoms with van der Waals surface area (Å²) in [5, 5.41) is 10.1. The number of aliphatic hydroxyl groups is 1. The van der Waals surface area contributed by atoms with Crippen LogP contribution in [0, 0.1) is 34.5 Å². The third kappa shape index (κ3) is 2.13. The van der Waals surface area contributed by atoms with Crippen molar-refractivity contribution in [2.75, 3.05) is 0 Å². The molecule has 0 amide bonds. The number of carbonyl (C=O) groups is 1. The molecular formula is C21H32O2. The van der Waals surface area contributed by atoms with Crippen LogP contribution in [-0.4, -0.2) is 17.0 Å². The molecule has 1 N–H and O–H groups in total. The van der Waals surface area contributed by atoms with Gasteiger partial charge in [0.2, 0.25) is 0 Å². The fraction of sp³-hybridized carbons (Fsp3) is 0.857. The van der Waals surface area contributed by atoms with Crippen molar-refractivity contribution in [3.05, 3.63) is 11.6 Å². The Balaban J connectivity index is 1.66. The number of aliphatic hydroxyl groups excluding tert-OH is 1. The van der Waals surface area contributed by atoms with Crippen LogP contribution in [0.5, 0.6) is 0 Å². The lowest BCUT2D eigenvalue weighted by Crippen LogP contribution is -2.50. The van der Waals surface area contributed by atoms with E-state index in [1.807, 2.05) is 6.92 Å². The van der Waals surface area contributed by atoms with Crippen LogP contribution in [0.15, 0.2) is 11.6 Å². The van der Waals surface area contributed by atoms with Gasteiger partial charge in [-0.2, -0.15) is 0 Å². The Morgan fingerprint density at radius 3 is 2.65 bits per heavy atom. The molecule has 3 saturated carbocycles. The van der Waals surface area contributed by atoms with Gasteiger partial charge in [-0.25, -0.2) is 0 Å². The molecule has 23 heavy (non-hydrogen) atoms. The highest BCUT2D eigenvalue weighted by Crippen LogP contribution is 2.66. The lowest BCUT2D eigenvalue weighted by atomic mass is 9.47. The highest BCUT2D eigenvalue weighted by molar-refractivity contribution is 5.79. The molecule has 0 aromatic rings. The third-order valence-electron chi connectivity index (χ3n) is 8.57. The molecule has 0 spiro atoms. The first-order valence-electron chi connectivity index (χ1n) is 9.74. The van der Waals surface area contributed by atoms with Crippen molar-refractivity contribution in [2.24, 2.45) is 34.5 Å². The SMILES string of the molecule is CC(=O)C1CCC2C3CC=C4C[C@@H](O)CC[C@]4(C)C3CC[C@]12C. The van der Waals surface area contributed by atoms with Crippen molar-refractivity contribution in [1.29, 1.82) is 0 Å². The Morgan fingerprint density at radius 2 is 1.91 bits per heavy atom. The summed E-state index contributed by atoms with van der Waals surface area (Å²) in [6, 6.07) is 0. The second-order valence-electron chi connectivity index (χ2n) is 9.44. The van der Waals surface area contributed by atoms with E-state index in [-0.39, 0.29) is 11.5 Å². The number of Topliss-reactive ketones (excluding diaryl/α,β-unsaturated/α-hetero) is 1. The molecule has 0 aromatic heterocycles. The van der Waals surface area contributed by atoms with Gasteiger partial charge in [-0.3, -0.25) is 4.79 Å². The number of ketones is 1. The van der Waals surface area contributed by atoms with Gasteiger partial charge in [0.1, 0.15) is 5.78 Å². The molecule has 4 rings (SSSR count). The lowest BCUT2D eigenvalue weighted by molar-refractivity contribution is -0.127. The molecule has 0 heterocycles. The molecule has 4 aliphatic rings. The van der Waals surface area contributed by atoms with Crippen LogP contribution in [0.3, 0.4) is 0 Å². The Labute approximate surface area is 140 Å². The minimum absolute atomic E-state index is 0.117. The van der Waals surface area contributed by atoms with E-state index in [9.17, 15) is 9.90 Å². The fourth-order valence-corrected chi connectivity index (χ4v) is 7.31. The second-order valence-corrected chi connectivity index (χ2v) is 9.44. The molecule has 2 nitrogen and oxygen atoms in total. The van der Waals surface area contributed by atoms with Gasteiger partial charge in [0.05, 0.1) is 6.10 Å². The van der Waals surface area contributed by atoms with Crippen LogP contribution >= 0.6 is 0 Å². The number of allylic oxidation sites excluding steroid dienone is 1. The van der Waals surface area contributed by atoms with E-state index in [2.05, 4.69) is 19.9 Å². The normalized spacial score (nSPS) is 52.2. The molecule has 0 aromatic carbocycles. The molecule has 0 bridgehead atoms. The van der Waals surface area contributed by atoms with E-state index in [1.165, 1.54) is 25.7 Å². The zero-order valence-electron chi connectivity index (χ0n) is 15.0. The molecule has 0 radical (unpaired) electrons. The maximum absolute atomic E-state index is 12.2. The van der Waals surface area contributed by atoms with Gasteiger partial charge >= 0.3 is 0 Å². The van der Waals surface area contributed by atoms with Crippen LogP contribution in [0.4, 0.5) is 0 Å². The average Bonchev–Trinajstić information content (AvgIpc) is 2.85. The van der Waals surface area contributed by atoms with E-state index in [0.29, 0.717) is 17.1 Å². The number of fused-ring (bicyclic) bond motifs is 5. The van der Waals surface area contributed by atoms with Gasteiger partial charge in [-0.15, -0.1) is 0 Å². The lowest BCUT2D eigenvalue weighted by Gasteiger charge is -2.57. The smallest absolute Gasteiger partial charge is 0.133 e. The minimum Gasteiger partial charge on any atom is -0.393 e. The Bertz CT molecular complexity index is 550. The van der Waals surface area contributed by atoms with Crippen molar-refractivity contribution < 1.29 is 9.90 Å². The molecule has 7 atom stereocenters. The predicted octanol–water partition coefficient (Wildman–Crippen LogP) is 4.52. The minimum atomic E-state index is -0.117. The molecule has 0 saturated heterocycles. The van der Waals surface area contributed by atoms with Crippen LogP contribution in [-0.2, 0) is 4.79 Å². The summed E-state index contributed by atoms with van der Waals surface area (Å²) in [6.45, 7) is 6.70. The molecule has 2 heteroatoms. The number of hydrogen-bond acceptors (Lipinski definition) is 2. The molecule has 4 aliphatic carbocycles. The van der Waals surface area contributed by atoms with Crippen molar-refractivity contribution in [3.63, 3.8) is 0 Å². The van der Waals surface area contributed by atoms with Gasteiger partial charge < -0.3 is 5.11 Å². The number of carbonyl (C=O) groups excluding carboxylic acids is 1. The maximum atomic E-state index is 12.2. The zero-order valence-corrected chi connectivity index (χ0v) is 15.0. The van der Waals surface area contributed by atoms with E-state index in [1.54, 1.807) is 5.57 Å². The summed E-state index contributed by atoms with van der Waals surface area (Å²) in [5.41, 5.74) is 2.11. The Morgan fingerprint density at radius 1 is 1.13 bits per heavy atom. The van der Waals surface area contributed by atoms with Crippen LogP contribution < -0.4 is 0 Å². The summed E-state index contributed by atoms with van der Waals surface area (Å²) >= 11 is 0. The maximum Gasteiger partial charge on any atom is 0.133 e. The second kappa shape index (κ2) is 5.18. The zero-order chi connectivity index (χ0) is 16.4. The van der Waals surface area contributed by atoms with Crippen LogP contribution in [0.2, 0.25) is 0 Å². The van der Waals surface area contributed by atoms with Gasteiger partial charge in [0.25, 0.3) is 0 Å². The Kier molecular flexibility index (Phi) is 3.58. The highest BCUT2D eigenvalue weighted by atomic mass is 16.3. The molecule has 4 unspecified atom stereocenters. The molecule has 3 fully saturated rings. The molecular weight excluding hydrogens is 284 g/mol. The van der Waals surface area contributed by atoms with Crippen LogP contribution in [0.25, 0.3) is 0 Å². The van der Waals surface area contributed by atoms with E-state index < -0.39 is 0 Å². The summed E-state index contributed by atoms with van der Waals surface area (Å²) in [4.78, 5) is 12.2. The summed E-state index contributed by atoms with van der Waals surface area (Å²) in [6.07, 6.45) is 11.5. The van der Waals surface area contributed by atoms with Gasteiger partial charge in [-0.05, 0) is 86.9 Å². The van der Waals surface area contributed by atoms with Gasteiger partial charge in [-0.1, -0.05) is 25.5 Å². The topological polar surface area (TPSA) is 37.3 Å². The predicted molar refractivity (Wildman–Crippen MR) is 91.9 cm³/mol. The number of hydrogen-bond donors (Lipinski definition) is 1. The van der Waals surface area contributed by atoms with Crippen molar-refractivity contribution in [1.82, 2.24) is 0 Å². The van der Waals surface area contributed by atoms with E-state index >= 15 is 0 Å². The summed E-state index contributed by atoms with van der Waals surface area (Å²) in [7, 11) is 0. The average molecular weight is 316 g/mol. The standard InChI is InChI=1S/C21H32O2/c1-13(22)17-6-7-18-16-5-4-14-12-15(23)8-10-20(14,2)19(16)9-11-21(17,18)3/h4,15-19,23H,5-12H2,1-3H3/t15-,16?,17?,18?,19?,20-,21+/m0/s1. The quantitative estimate of drug-likeness (QED) is 0.722. The Hall–Kier alpha value is -0.630. The number of rotatable bonds is 1. The largest absolute Gasteiger partial charge is 0.393 e. The molecule has 0 aliphatic heterocycles.